The van der Waals surface area contributed by atoms with E-state index in [2.05, 4.69) is 20.6 Å². The van der Waals surface area contributed by atoms with Gasteiger partial charge in [-0.2, -0.15) is 0 Å². The molecule has 1 aliphatic rings. The van der Waals surface area contributed by atoms with Crippen molar-refractivity contribution in [2.45, 2.75) is 62.7 Å². The van der Waals surface area contributed by atoms with Crippen LogP contribution < -0.4 is 33.6 Å². The first kappa shape index (κ1) is 30.9. The van der Waals surface area contributed by atoms with Crippen LogP contribution in [0.5, 0.6) is 0 Å². The molecule has 41 heavy (non-hydrogen) atoms. The molecule has 15 heteroatoms. The maximum atomic E-state index is 13.3. The molecule has 1 aromatic carbocycles. The standard InChI is InChI=1S/C26H37N9O6/c27-16(12-21(28)36)24(39)35-10-4-8-20(35)23(38)33-18(7-3-9-31-26(29)30)22(37)34-19(25(40)41)11-14-13-32-17-6-2-1-5-15(14)17/h1-2,5-6,13,16,18-20,32H,3-4,7-12,27H2,(H2,28,36)(H,33,38)(H,34,37)(H,40,41)(H4,29,30,31). The molecule has 15 nitrogen and oxygen atoms in total. The molecule has 1 fully saturated rings. The monoisotopic (exact) mass is 571 g/mol. The average molecular weight is 572 g/mol. The van der Waals surface area contributed by atoms with Crippen LogP contribution in [-0.4, -0.2) is 87.8 Å². The van der Waals surface area contributed by atoms with Crippen LogP contribution >= 0.6 is 0 Å². The first-order valence-corrected chi connectivity index (χ1v) is 13.3. The molecule has 4 amide bonds. The number of carboxylic acids is 1. The molecule has 2 heterocycles. The summed E-state index contributed by atoms with van der Waals surface area (Å²) in [6.45, 7) is 0.423. The number of likely N-dealkylation sites (tertiary alicyclic amines) is 1. The summed E-state index contributed by atoms with van der Waals surface area (Å²) in [7, 11) is 0. The largest absolute Gasteiger partial charge is 0.480 e. The summed E-state index contributed by atoms with van der Waals surface area (Å²) in [5.74, 6) is -4.04. The first-order valence-electron chi connectivity index (χ1n) is 13.3. The van der Waals surface area contributed by atoms with Gasteiger partial charge in [-0.05, 0) is 37.3 Å². The molecule has 4 unspecified atom stereocenters. The highest BCUT2D eigenvalue weighted by molar-refractivity contribution is 5.95. The molecule has 0 spiro atoms. The fourth-order valence-electron chi connectivity index (χ4n) is 4.85. The Balaban J connectivity index is 1.74. The number of aromatic nitrogens is 1. The van der Waals surface area contributed by atoms with Crippen LogP contribution in [-0.2, 0) is 30.4 Å². The van der Waals surface area contributed by atoms with E-state index in [0.717, 1.165) is 10.9 Å². The van der Waals surface area contributed by atoms with Gasteiger partial charge in [-0.25, -0.2) is 4.79 Å². The molecule has 1 saturated heterocycles. The van der Waals surface area contributed by atoms with Crippen molar-refractivity contribution in [3.63, 3.8) is 0 Å². The summed E-state index contributed by atoms with van der Waals surface area (Å²) in [4.78, 5) is 70.9. The molecule has 4 atom stereocenters. The zero-order chi connectivity index (χ0) is 30.1. The van der Waals surface area contributed by atoms with E-state index in [-0.39, 0.29) is 38.3 Å². The molecule has 0 bridgehead atoms. The fraction of sp³-hybridized carbons (Fsp3) is 0.462. The highest BCUT2D eigenvalue weighted by Crippen LogP contribution is 2.21. The average Bonchev–Trinajstić information content (AvgIpc) is 3.56. The summed E-state index contributed by atoms with van der Waals surface area (Å²) in [6, 6.07) is 2.84. The number of para-hydroxylation sites is 1. The van der Waals surface area contributed by atoms with Crippen LogP contribution in [0.2, 0.25) is 0 Å². The lowest BCUT2D eigenvalue weighted by molar-refractivity contribution is -0.143. The number of nitrogens with one attached hydrogen (secondary N) is 3. The lowest BCUT2D eigenvalue weighted by atomic mass is 10.0. The third kappa shape index (κ3) is 8.41. The van der Waals surface area contributed by atoms with Crippen LogP contribution in [0.1, 0.15) is 37.7 Å². The maximum absolute atomic E-state index is 13.3. The van der Waals surface area contributed by atoms with Gasteiger partial charge in [0, 0.05) is 36.6 Å². The van der Waals surface area contributed by atoms with Crippen molar-refractivity contribution in [2.75, 3.05) is 13.1 Å². The Bertz CT molecular complexity index is 1310. The Hall–Kier alpha value is -4.66. The molecule has 222 valence electrons. The van der Waals surface area contributed by atoms with Gasteiger partial charge in [0.25, 0.3) is 0 Å². The fourth-order valence-corrected chi connectivity index (χ4v) is 4.85. The van der Waals surface area contributed by atoms with Crippen molar-refractivity contribution in [3.05, 3.63) is 36.0 Å². The van der Waals surface area contributed by atoms with Gasteiger partial charge in [0.15, 0.2) is 5.96 Å². The van der Waals surface area contributed by atoms with Crippen LogP contribution in [0.4, 0.5) is 0 Å². The number of nitrogens with two attached hydrogens (primary N) is 4. The second kappa shape index (κ2) is 14.1. The number of carboxylic acid groups (broad SMARTS) is 1. The van der Waals surface area contributed by atoms with Gasteiger partial charge < -0.3 is 48.6 Å². The first-order chi connectivity index (χ1) is 19.5. The zero-order valence-electron chi connectivity index (χ0n) is 22.5. The molecule has 1 aliphatic heterocycles. The Labute approximate surface area is 236 Å². The van der Waals surface area contributed by atoms with Crippen molar-refractivity contribution in [3.8, 4) is 0 Å². The van der Waals surface area contributed by atoms with E-state index in [1.54, 1.807) is 6.20 Å². The number of nitrogens with zero attached hydrogens (tertiary/aromatic N) is 2. The third-order valence-corrected chi connectivity index (χ3v) is 6.87. The van der Waals surface area contributed by atoms with E-state index in [1.807, 2.05) is 24.3 Å². The van der Waals surface area contributed by atoms with E-state index < -0.39 is 53.8 Å². The number of benzene rings is 1. The van der Waals surface area contributed by atoms with Gasteiger partial charge in [0.1, 0.15) is 18.1 Å². The number of carbonyl (C=O) groups is 5. The number of fused-ring (bicyclic) bond motifs is 1. The topological polar surface area (TPSA) is 265 Å². The van der Waals surface area contributed by atoms with Crippen molar-refractivity contribution in [2.24, 2.45) is 27.9 Å². The van der Waals surface area contributed by atoms with E-state index in [1.165, 1.54) is 4.90 Å². The van der Waals surface area contributed by atoms with Crippen LogP contribution in [0, 0.1) is 0 Å². The lowest BCUT2D eigenvalue weighted by Gasteiger charge is -2.28. The minimum atomic E-state index is -1.28. The second-order valence-electron chi connectivity index (χ2n) is 9.94. The van der Waals surface area contributed by atoms with E-state index in [4.69, 9.17) is 22.9 Å². The molecular weight excluding hydrogens is 534 g/mol. The quantitative estimate of drug-likeness (QED) is 0.0707. The molecule has 2 aromatic rings. The Kier molecular flexibility index (Phi) is 10.6. The Morgan fingerprint density at radius 3 is 2.51 bits per heavy atom. The predicted octanol–water partition coefficient (Wildman–Crippen LogP) is -1.99. The van der Waals surface area contributed by atoms with Crippen molar-refractivity contribution in [1.29, 1.82) is 0 Å². The Morgan fingerprint density at radius 2 is 1.83 bits per heavy atom. The van der Waals surface area contributed by atoms with Crippen LogP contribution in [0.25, 0.3) is 10.9 Å². The molecule has 0 saturated carbocycles. The number of rotatable bonds is 14. The molecule has 1 aromatic heterocycles. The van der Waals surface area contributed by atoms with E-state index >= 15 is 0 Å². The second-order valence-corrected chi connectivity index (χ2v) is 9.94. The SMILES string of the molecule is NC(=O)CC(N)C(=O)N1CCCC1C(=O)NC(CCCN=C(N)N)C(=O)NC(Cc1c[nH]c2ccccc12)C(=O)O. The normalized spacial score (nSPS) is 16.9. The number of amides is 4. The molecule has 3 rings (SSSR count). The highest BCUT2D eigenvalue weighted by Gasteiger charge is 2.38. The number of aromatic amines is 1. The summed E-state index contributed by atoms with van der Waals surface area (Å²) >= 11 is 0. The summed E-state index contributed by atoms with van der Waals surface area (Å²) < 4.78 is 0. The Morgan fingerprint density at radius 1 is 1.10 bits per heavy atom. The van der Waals surface area contributed by atoms with Gasteiger partial charge in [-0.1, -0.05) is 18.2 Å². The third-order valence-electron chi connectivity index (χ3n) is 6.87. The highest BCUT2D eigenvalue weighted by atomic mass is 16.4. The van der Waals surface area contributed by atoms with Gasteiger partial charge in [-0.15, -0.1) is 0 Å². The zero-order valence-corrected chi connectivity index (χ0v) is 22.5. The number of guanidine groups is 1. The number of hydrogen-bond donors (Lipinski definition) is 8. The molecule has 0 aliphatic carbocycles. The maximum Gasteiger partial charge on any atom is 0.326 e. The van der Waals surface area contributed by atoms with Gasteiger partial charge in [-0.3, -0.25) is 24.2 Å². The van der Waals surface area contributed by atoms with E-state index in [9.17, 15) is 29.1 Å². The smallest absolute Gasteiger partial charge is 0.326 e. The van der Waals surface area contributed by atoms with Crippen molar-refractivity contribution in [1.82, 2.24) is 20.5 Å². The lowest BCUT2D eigenvalue weighted by Crippen LogP contribution is -2.57. The van der Waals surface area contributed by atoms with Crippen LogP contribution in [0.3, 0.4) is 0 Å². The molecule has 0 radical (unpaired) electrons. The number of aliphatic carboxylic acids is 1. The van der Waals surface area contributed by atoms with Gasteiger partial charge in [0.2, 0.25) is 23.6 Å². The van der Waals surface area contributed by atoms with Gasteiger partial charge in [0.05, 0.1) is 12.5 Å². The van der Waals surface area contributed by atoms with Gasteiger partial charge >= 0.3 is 5.97 Å². The summed E-state index contributed by atoms with van der Waals surface area (Å²) in [6.07, 6.45) is 2.55. The summed E-state index contributed by atoms with van der Waals surface area (Å²) in [5, 5.41) is 15.9. The predicted molar refractivity (Wildman–Crippen MR) is 150 cm³/mol. The van der Waals surface area contributed by atoms with Crippen LogP contribution in [0.15, 0.2) is 35.5 Å². The number of aliphatic imine (C=N–C) groups is 1. The van der Waals surface area contributed by atoms with Crippen molar-refractivity contribution >= 4 is 46.5 Å². The number of primary amides is 1. The number of hydrogen-bond acceptors (Lipinski definition) is 7. The number of carbonyl (C=O) groups excluding carboxylic acids is 4. The summed E-state index contributed by atoms with van der Waals surface area (Å²) in [5.41, 5.74) is 23.2. The molecule has 12 N–H and O–H groups in total. The minimum Gasteiger partial charge on any atom is -0.480 e. The number of H-pyrrole nitrogens is 1. The van der Waals surface area contributed by atoms with Crippen molar-refractivity contribution < 1.29 is 29.1 Å². The van der Waals surface area contributed by atoms with E-state index in [0.29, 0.717) is 24.8 Å². The molecular formula is C26H37N9O6. The minimum absolute atomic E-state index is 0.00239.